The van der Waals surface area contributed by atoms with Gasteiger partial charge in [0.1, 0.15) is 16.7 Å². The molecule has 0 aliphatic heterocycles. The molecule has 6 nitrogen and oxygen atoms in total. The maximum Gasteiger partial charge on any atom is 0.227 e. The van der Waals surface area contributed by atoms with Gasteiger partial charge in [-0.05, 0) is 45.7 Å². The van der Waals surface area contributed by atoms with Crippen LogP contribution < -0.4 is 0 Å². The minimum Gasteiger partial charge on any atom is -0.456 e. The molecule has 262 valence electrons. The molecule has 0 unspecified atom stereocenters. The van der Waals surface area contributed by atoms with Crippen LogP contribution in [0.3, 0.4) is 0 Å². The molecule has 56 heavy (non-hydrogen) atoms. The maximum atomic E-state index is 6.69. The van der Waals surface area contributed by atoms with E-state index in [4.69, 9.17) is 28.8 Å². The minimum absolute atomic E-state index is 0.574. The van der Waals surface area contributed by atoms with Crippen molar-refractivity contribution < 1.29 is 8.83 Å². The molecule has 0 amide bonds. The number of furan rings is 1. The molecule has 0 fully saturated rings. The highest BCUT2D eigenvalue weighted by molar-refractivity contribution is 6.22. The van der Waals surface area contributed by atoms with Crippen LogP contribution in [-0.4, -0.2) is 19.9 Å². The number of nitrogens with zero attached hydrogens (tertiary/aromatic N) is 4. The number of oxazole rings is 1. The van der Waals surface area contributed by atoms with Gasteiger partial charge in [0.25, 0.3) is 0 Å². The zero-order valence-corrected chi connectivity index (χ0v) is 29.9. The largest absolute Gasteiger partial charge is 0.456 e. The lowest BCUT2D eigenvalue weighted by atomic mass is 9.90. The van der Waals surface area contributed by atoms with Gasteiger partial charge < -0.3 is 8.83 Å². The zero-order chi connectivity index (χ0) is 37.0. The number of aromatic nitrogens is 4. The Balaban J connectivity index is 1.06. The van der Waals surface area contributed by atoms with Crippen molar-refractivity contribution in [3.8, 4) is 67.9 Å². The van der Waals surface area contributed by atoms with Crippen molar-refractivity contribution >= 4 is 43.8 Å². The average Bonchev–Trinajstić information content (AvgIpc) is 3.88. The van der Waals surface area contributed by atoms with Gasteiger partial charge in [-0.2, -0.15) is 0 Å². The summed E-state index contributed by atoms with van der Waals surface area (Å²) < 4.78 is 13.1. The predicted octanol–water partition coefficient (Wildman–Crippen LogP) is 13.1. The van der Waals surface area contributed by atoms with Gasteiger partial charge in [-0.3, -0.25) is 0 Å². The second kappa shape index (κ2) is 13.0. The van der Waals surface area contributed by atoms with E-state index in [0.29, 0.717) is 23.4 Å². The zero-order valence-electron chi connectivity index (χ0n) is 29.9. The first-order valence-corrected chi connectivity index (χ1v) is 18.6. The SMILES string of the molecule is c1ccc(-c2nc(-c3ccccc3)nc(-c3ccc(-c4ccc(-c5c6oc(-c7ccccc7)nc6cc6oc7ccccc7c56)c5ccccc45)cc3)n2)cc1. The quantitative estimate of drug-likeness (QED) is 0.170. The second-order valence-corrected chi connectivity index (χ2v) is 13.8. The number of benzene rings is 8. The smallest absolute Gasteiger partial charge is 0.227 e. The molecule has 0 aliphatic rings. The van der Waals surface area contributed by atoms with Crippen LogP contribution in [0.2, 0.25) is 0 Å². The Morgan fingerprint density at radius 1 is 0.339 bits per heavy atom. The number of para-hydroxylation sites is 1. The Bertz CT molecular complexity index is 3170. The van der Waals surface area contributed by atoms with Crippen LogP contribution in [0.15, 0.2) is 191 Å². The summed E-state index contributed by atoms with van der Waals surface area (Å²) in [6.07, 6.45) is 0. The van der Waals surface area contributed by atoms with E-state index in [1.54, 1.807) is 0 Å². The Labute approximate surface area is 321 Å². The molecule has 3 heterocycles. The van der Waals surface area contributed by atoms with Crippen molar-refractivity contribution in [2.75, 3.05) is 0 Å². The van der Waals surface area contributed by atoms with E-state index in [2.05, 4.69) is 66.7 Å². The number of hydrogen-bond acceptors (Lipinski definition) is 6. The molecular formula is C50H30N4O2. The van der Waals surface area contributed by atoms with E-state index >= 15 is 0 Å². The maximum absolute atomic E-state index is 6.69. The molecule has 0 radical (unpaired) electrons. The third kappa shape index (κ3) is 5.35. The molecule has 11 aromatic rings. The van der Waals surface area contributed by atoms with E-state index in [1.165, 1.54) is 0 Å². The number of hydrogen-bond donors (Lipinski definition) is 0. The molecule has 0 bridgehead atoms. The normalized spacial score (nSPS) is 11.6. The summed E-state index contributed by atoms with van der Waals surface area (Å²) in [5, 5.41) is 4.26. The van der Waals surface area contributed by atoms with Gasteiger partial charge in [-0.1, -0.05) is 158 Å². The first kappa shape index (κ1) is 31.8. The van der Waals surface area contributed by atoms with Crippen molar-refractivity contribution in [2.24, 2.45) is 0 Å². The molecule has 0 saturated heterocycles. The van der Waals surface area contributed by atoms with Gasteiger partial charge in [0.05, 0.1) is 0 Å². The molecule has 0 atom stereocenters. The first-order valence-electron chi connectivity index (χ1n) is 18.6. The summed E-state index contributed by atoms with van der Waals surface area (Å²) in [6.45, 7) is 0. The van der Waals surface area contributed by atoms with Crippen LogP contribution in [0.5, 0.6) is 0 Å². The van der Waals surface area contributed by atoms with Crippen LogP contribution >= 0.6 is 0 Å². The molecule has 0 saturated carbocycles. The average molecular weight is 719 g/mol. The van der Waals surface area contributed by atoms with Gasteiger partial charge in [-0.25, -0.2) is 19.9 Å². The highest BCUT2D eigenvalue weighted by Gasteiger charge is 2.23. The van der Waals surface area contributed by atoms with Gasteiger partial charge >= 0.3 is 0 Å². The lowest BCUT2D eigenvalue weighted by Crippen LogP contribution is -2.00. The van der Waals surface area contributed by atoms with Crippen molar-refractivity contribution in [2.45, 2.75) is 0 Å². The van der Waals surface area contributed by atoms with Gasteiger partial charge in [-0.15, -0.1) is 0 Å². The lowest BCUT2D eigenvalue weighted by Gasteiger charge is -2.14. The highest BCUT2D eigenvalue weighted by Crippen LogP contribution is 2.46. The summed E-state index contributed by atoms with van der Waals surface area (Å²) in [4.78, 5) is 19.7. The summed E-state index contributed by atoms with van der Waals surface area (Å²) in [7, 11) is 0. The van der Waals surface area contributed by atoms with Crippen LogP contribution in [0.25, 0.3) is 112 Å². The van der Waals surface area contributed by atoms with E-state index in [0.717, 1.165) is 88.3 Å². The van der Waals surface area contributed by atoms with Crippen LogP contribution in [0.1, 0.15) is 0 Å². The fourth-order valence-electron chi connectivity index (χ4n) is 7.74. The van der Waals surface area contributed by atoms with E-state index < -0.39 is 0 Å². The highest BCUT2D eigenvalue weighted by atomic mass is 16.4. The summed E-state index contributed by atoms with van der Waals surface area (Å²) in [5.41, 5.74) is 11.0. The standard InChI is InChI=1S/C50H30N4O2/c1-4-14-32(15-5-1)47-52-48(33-16-6-2-7-17-33)54-49(53-47)34-26-24-31(25-27-34)36-28-29-39(38-21-11-10-20-37(36)38)45-44-40-22-12-13-23-42(40)55-43(44)30-41-46(45)56-50(51-41)35-18-8-3-9-19-35/h1-30H. The third-order valence-electron chi connectivity index (χ3n) is 10.4. The lowest BCUT2D eigenvalue weighted by molar-refractivity contribution is 0.621. The van der Waals surface area contributed by atoms with Crippen LogP contribution in [0.4, 0.5) is 0 Å². The van der Waals surface area contributed by atoms with E-state index in [-0.39, 0.29) is 0 Å². The first-order chi connectivity index (χ1) is 27.7. The molecule has 3 aromatic heterocycles. The molecular weight excluding hydrogens is 689 g/mol. The Morgan fingerprint density at radius 3 is 1.45 bits per heavy atom. The molecule has 0 spiro atoms. The van der Waals surface area contributed by atoms with E-state index in [9.17, 15) is 0 Å². The summed E-state index contributed by atoms with van der Waals surface area (Å²) in [6, 6.07) is 61.7. The number of fused-ring (bicyclic) bond motifs is 5. The fourth-order valence-corrected chi connectivity index (χ4v) is 7.74. The minimum atomic E-state index is 0.574. The molecule has 8 aromatic carbocycles. The fraction of sp³-hybridized carbons (Fsp3) is 0. The Kier molecular flexibility index (Phi) is 7.38. The van der Waals surface area contributed by atoms with Crippen molar-refractivity contribution in [1.29, 1.82) is 0 Å². The monoisotopic (exact) mass is 718 g/mol. The van der Waals surface area contributed by atoms with Crippen molar-refractivity contribution in [1.82, 2.24) is 19.9 Å². The Morgan fingerprint density at radius 2 is 0.821 bits per heavy atom. The summed E-state index contributed by atoms with van der Waals surface area (Å²) >= 11 is 0. The van der Waals surface area contributed by atoms with E-state index in [1.807, 2.05) is 115 Å². The summed E-state index contributed by atoms with van der Waals surface area (Å²) in [5.74, 6) is 2.47. The second-order valence-electron chi connectivity index (χ2n) is 13.8. The van der Waals surface area contributed by atoms with Crippen molar-refractivity contribution in [3.05, 3.63) is 182 Å². The van der Waals surface area contributed by atoms with Gasteiger partial charge in [0.2, 0.25) is 5.89 Å². The molecule has 0 aliphatic carbocycles. The predicted molar refractivity (Wildman–Crippen MR) is 225 cm³/mol. The molecule has 6 heteroatoms. The number of rotatable bonds is 6. The molecule has 11 rings (SSSR count). The molecule has 0 N–H and O–H groups in total. The topological polar surface area (TPSA) is 77.8 Å². The Hall–Kier alpha value is -7.70. The van der Waals surface area contributed by atoms with Gasteiger partial charge in [0.15, 0.2) is 23.1 Å². The van der Waals surface area contributed by atoms with Crippen LogP contribution in [0, 0.1) is 0 Å². The third-order valence-corrected chi connectivity index (χ3v) is 10.4. The van der Waals surface area contributed by atoms with Gasteiger partial charge in [0, 0.05) is 44.7 Å². The van der Waals surface area contributed by atoms with Crippen LogP contribution in [-0.2, 0) is 0 Å². The van der Waals surface area contributed by atoms with Crippen molar-refractivity contribution in [3.63, 3.8) is 0 Å².